The SMILES string of the molecule is Cc1cccc(NC(=O)[C@@H]2[C@H]3CCC[C@H]3CN2c2cc(C(F)(F)F)cc(Cl)n2)c1. The van der Waals surface area contributed by atoms with E-state index in [1.807, 2.05) is 25.1 Å². The van der Waals surface area contributed by atoms with Crippen LogP contribution in [0.2, 0.25) is 5.15 Å². The highest BCUT2D eigenvalue weighted by atomic mass is 35.5. The largest absolute Gasteiger partial charge is 0.416 e. The molecule has 3 atom stereocenters. The van der Waals surface area contributed by atoms with Gasteiger partial charge >= 0.3 is 6.18 Å². The quantitative estimate of drug-likeness (QED) is 0.681. The lowest BCUT2D eigenvalue weighted by molar-refractivity contribution is -0.137. The zero-order valence-corrected chi connectivity index (χ0v) is 16.6. The molecule has 2 heterocycles. The highest BCUT2D eigenvalue weighted by Gasteiger charge is 2.48. The van der Waals surface area contributed by atoms with E-state index in [1.54, 1.807) is 11.0 Å². The summed E-state index contributed by atoms with van der Waals surface area (Å²) < 4.78 is 39.8. The van der Waals surface area contributed by atoms with E-state index in [4.69, 9.17) is 11.6 Å². The summed E-state index contributed by atoms with van der Waals surface area (Å²) in [6.07, 6.45) is -1.67. The minimum absolute atomic E-state index is 0.0925. The Kier molecular flexibility index (Phi) is 5.19. The zero-order chi connectivity index (χ0) is 20.8. The minimum Gasteiger partial charge on any atom is -0.344 e. The van der Waals surface area contributed by atoms with E-state index in [9.17, 15) is 18.0 Å². The van der Waals surface area contributed by atoms with Crippen LogP contribution < -0.4 is 10.2 Å². The average Bonchev–Trinajstić information content (AvgIpc) is 3.21. The van der Waals surface area contributed by atoms with Gasteiger partial charge in [-0.1, -0.05) is 30.2 Å². The molecule has 0 bridgehead atoms. The van der Waals surface area contributed by atoms with E-state index in [1.165, 1.54) is 0 Å². The van der Waals surface area contributed by atoms with Crippen molar-refractivity contribution in [1.29, 1.82) is 0 Å². The van der Waals surface area contributed by atoms with Gasteiger partial charge in [0.05, 0.1) is 5.56 Å². The maximum absolute atomic E-state index is 13.3. The van der Waals surface area contributed by atoms with E-state index in [2.05, 4.69) is 10.3 Å². The van der Waals surface area contributed by atoms with Gasteiger partial charge in [-0.25, -0.2) is 4.98 Å². The Hall–Kier alpha value is -2.28. The predicted molar refractivity (Wildman–Crippen MR) is 106 cm³/mol. The first kappa shape index (κ1) is 20.0. The fourth-order valence-electron chi connectivity index (χ4n) is 4.61. The number of nitrogens with zero attached hydrogens (tertiary/aromatic N) is 2. The van der Waals surface area contributed by atoms with E-state index < -0.39 is 17.8 Å². The number of rotatable bonds is 3. The highest BCUT2D eigenvalue weighted by Crippen LogP contribution is 2.45. The van der Waals surface area contributed by atoms with Crippen LogP contribution in [0.25, 0.3) is 0 Å². The smallest absolute Gasteiger partial charge is 0.344 e. The fraction of sp³-hybridized carbons (Fsp3) is 0.429. The number of hydrogen-bond acceptors (Lipinski definition) is 3. The van der Waals surface area contributed by atoms with Gasteiger partial charge in [0.1, 0.15) is 17.0 Å². The van der Waals surface area contributed by atoms with Crippen LogP contribution in [0, 0.1) is 18.8 Å². The van der Waals surface area contributed by atoms with Gasteiger partial charge in [0, 0.05) is 12.2 Å². The molecule has 1 N–H and O–H groups in total. The van der Waals surface area contributed by atoms with Crippen LogP contribution in [0.4, 0.5) is 24.7 Å². The number of halogens is 4. The first-order chi connectivity index (χ1) is 13.7. The third kappa shape index (κ3) is 4.06. The molecule has 1 aliphatic carbocycles. The van der Waals surface area contributed by atoms with Crippen LogP contribution in [0.3, 0.4) is 0 Å². The maximum Gasteiger partial charge on any atom is 0.416 e. The molecule has 1 aromatic carbocycles. The fourth-order valence-corrected chi connectivity index (χ4v) is 4.81. The molecule has 2 aromatic rings. The van der Waals surface area contributed by atoms with Gasteiger partial charge in [-0.05, 0) is 61.4 Å². The van der Waals surface area contributed by atoms with Gasteiger partial charge in [0.15, 0.2) is 0 Å². The number of amides is 1. The average molecular weight is 424 g/mol. The molecule has 0 radical (unpaired) electrons. The molecule has 2 aliphatic rings. The zero-order valence-electron chi connectivity index (χ0n) is 15.8. The summed E-state index contributed by atoms with van der Waals surface area (Å²) in [4.78, 5) is 19.0. The van der Waals surface area contributed by atoms with E-state index in [0.717, 1.165) is 37.0 Å². The van der Waals surface area contributed by atoms with Gasteiger partial charge in [-0.15, -0.1) is 0 Å². The van der Waals surface area contributed by atoms with E-state index in [-0.39, 0.29) is 28.7 Å². The second kappa shape index (κ2) is 7.52. The van der Waals surface area contributed by atoms with Crippen LogP contribution in [0.5, 0.6) is 0 Å². The molecule has 2 fully saturated rings. The Morgan fingerprint density at radius 3 is 2.76 bits per heavy atom. The molecular formula is C21H21ClF3N3O. The van der Waals surface area contributed by atoms with Crippen molar-refractivity contribution in [1.82, 2.24) is 4.98 Å². The standard InChI is InChI=1S/C21H21ClF3N3O/c1-12-4-2-6-15(8-12)26-20(29)19-16-7-3-5-13(16)11-28(19)18-10-14(21(23,24)25)9-17(22)27-18/h2,4,6,8-10,13,16,19H,3,5,7,11H2,1H3,(H,26,29)/t13-,16-,19-/m0/s1. The van der Waals surface area contributed by atoms with Crippen LogP contribution in [-0.2, 0) is 11.0 Å². The highest BCUT2D eigenvalue weighted by molar-refractivity contribution is 6.29. The predicted octanol–water partition coefficient (Wildman–Crippen LogP) is 5.31. The van der Waals surface area contributed by atoms with Crippen molar-refractivity contribution in [2.45, 2.75) is 38.4 Å². The first-order valence-electron chi connectivity index (χ1n) is 9.61. The van der Waals surface area contributed by atoms with Crippen molar-refractivity contribution in [3.05, 3.63) is 52.7 Å². The van der Waals surface area contributed by atoms with Crippen LogP contribution in [-0.4, -0.2) is 23.5 Å². The molecule has 1 aliphatic heterocycles. The number of hydrogen-bond donors (Lipinski definition) is 1. The third-order valence-corrected chi connectivity index (χ3v) is 6.04. The monoisotopic (exact) mass is 423 g/mol. The van der Waals surface area contributed by atoms with Gasteiger partial charge in [0.25, 0.3) is 0 Å². The van der Waals surface area contributed by atoms with Crippen molar-refractivity contribution in [2.24, 2.45) is 11.8 Å². The number of carbonyl (C=O) groups is 1. The lowest BCUT2D eigenvalue weighted by atomic mass is 9.93. The molecule has 1 saturated carbocycles. The van der Waals surface area contributed by atoms with Crippen LogP contribution >= 0.6 is 11.6 Å². The molecule has 0 unspecified atom stereocenters. The van der Waals surface area contributed by atoms with E-state index >= 15 is 0 Å². The Balaban J connectivity index is 1.67. The maximum atomic E-state index is 13.3. The first-order valence-corrected chi connectivity index (χ1v) is 9.99. The Morgan fingerprint density at radius 2 is 2.03 bits per heavy atom. The summed E-state index contributed by atoms with van der Waals surface area (Å²) in [6, 6.07) is 8.67. The summed E-state index contributed by atoms with van der Waals surface area (Å²) in [5.41, 5.74) is 0.824. The molecule has 0 spiro atoms. The second-order valence-electron chi connectivity index (χ2n) is 7.85. The number of carbonyl (C=O) groups excluding carboxylic acids is 1. The van der Waals surface area contributed by atoms with Crippen LogP contribution in [0.15, 0.2) is 36.4 Å². The molecule has 8 heteroatoms. The van der Waals surface area contributed by atoms with Gasteiger partial charge < -0.3 is 10.2 Å². The molecule has 1 saturated heterocycles. The van der Waals surface area contributed by atoms with Crippen LogP contribution in [0.1, 0.15) is 30.4 Å². The molecule has 1 aromatic heterocycles. The van der Waals surface area contributed by atoms with Crippen molar-refractivity contribution >= 4 is 29.0 Å². The topological polar surface area (TPSA) is 45.2 Å². The summed E-state index contributed by atoms with van der Waals surface area (Å²) in [6.45, 7) is 2.43. The third-order valence-electron chi connectivity index (χ3n) is 5.85. The van der Waals surface area contributed by atoms with Crippen molar-refractivity contribution in [3.8, 4) is 0 Å². The number of benzene rings is 1. The lowest BCUT2D eigenvalue weighted by Crippen LogP contribution is -2.43. The summed E-state index contributed by atoms with van der Waals surface area (Å²) >= 11 is 5.89. The second-order valence-corrected chi connectivity index (χ2v) is 8.23. The van der Waals surface area contributed by atoms with E-state index in [0.29, 0.717) is 12.2 Å². The van der Waals surface area contributed by atoms with Crippen molar-refractivity contribution < 1.29 is 18.0 Å². The summed E-state index contributed by atoms with van der Waals surface area (Å²) in [5, 5.41) is 2.70. The number of alkyl halides is 3. The Morgan fingerprint density at radius 1 is 1.24 bits per heavy atom. The number of aromatic nitrogens is 1. The molecule has 154 valence electrons. The number of aryl methyl sites for hydroxylation is 1. The summed E-state index contributed by atoms with van der Waals surface area (Å²) in [7, 11) is 0. The molecular weight excluding hydrogens is 403 g/mol. The van der Waals surface area contributed by atoms with Crippen molar-refractivity contribution in [3.63, 3.8) is 0 Å². The molecule has 1 amide bonds. The number of nitrogens with one attached hydrogen (secondary N) is 1. The molecule has 4 nitrogen and oxygen atoms in total. The minimum atomic E-state index is -4.53. The van der Waals surface area contributed by atoms with Gasteiger partial charge in [-0.2, -0.15) is 13.2 Å². The number of anilines is 2. The lowest BCUT2D eigenvalue weighted by Gasteiger charge is -2.28. The Labute approximate surface area is 172 Å². The van der Waals surface area contributed by atoms with Gasteiger partial charge in [0.2, 0.25) is 5.91 Å². The van der Waals surface area contributed by atoms with Gasteiger partial charge in [-0.3, -0.25) is 4.79 Å². The Bertz CT molecular complexity index is 934. The molecule has 4 rings (SSSR count). The summed E-state index contributed by atoms with van der Waals surface area (Å²) in [5.74, 6) is 0.234. The van der Waals surface area contributed by atoms with Crippen molar-refractivity contribution in [2.75, 3.05) is 16.8 Å². The number of fused-ring (bicyclic) bond motifs is 1. The number of pyridine rings is 1. The molecule has 29 heavy (non-hydrogen) atoms. The normalized spacial score (nSPS) is 23.9.